The Balaban J connectivity index is 2.19. The lowest BCUT2D eigenvalue weighted by molar-refractivity contribution is 0.865. The molecule has 19 heavy (non-hydrogen) atoms. The summed E-state index contributed by atoms with van der Waals surface area (Å²) in [6, 6.07) is 16.0. The van der Waals surface area contributed by atoms with Gasteiger partial charge in [0.05, 0.1) is 16.7 Å². The fraction of sp³-hybridized carbons (Fsp3) is 0.188. The van der Waals surface area contributed by atoms with Gasteiger partial charge >= 0.3 is 0 Å². The van der Waals surface area contributed by atoms with Crippen LogP contribution in [0.3, 0.4) is 0 Å². The number of benzene rings is 2. The van der Waals surface area contributed by atoms with E-state index in [1.54, 1.807) is 23.9 Å². The van der Waals surface area contributed by atoms with E-state index < -0.39 is 0 Å². The van der Waals surface area contributed by atoms with E-state index in [4.69, 9.17) is 16.9 Å². The van der Waals surface area contributed by atoms with Gasteiger partial charge in [-0.3, -0.25) is 0 Å². The molecule has 0 bridgehead atoms. The second-order valence-electron chi connectivity index (χ2n) is 4.58. The Morgan fingerprint density at radius 2 is 1.79 bits per heavy atom. The predicted molar refractivity (Wildman–Crippen MR) is 80.8 cm³/mol. The molecule has 0 aromatic heterocycles. The molecule has 0 spiro atoms. The molecule has 0 saturated heterocycles. The number of hydrogen-bond acceptors (Lipinski definition) is 2. The van der Waals surface area contributed by atoms with Crippen LogP contribution in [0.15, 0.2) is 52.3 Å². The lowest BCUT2D eigenvalue weighted by Gasteiger charge is -2.07. The van der Waals surface area contributed by atoms with Crippen LogP contribution in [0.2, 0.25) is 5.02 Å². The number of rotatable bonds is 3. The van der Waals surface area contributed by atoms with Gasteiger partial charge in [0.25, 0.3) is 0 Å². The van der Waals surface area contributed by atoms with Gasteiger partial charge in [-0.25, -0.2) is 0 Å². The van der Waals surface area contributed by atoms with Gasteiger partial charge in [-0.1, -0.05) is 49.3 Å². The normalized spacial score (nSPS) is 10.5. The average Bonchev–Trinajstić information content (AvgIpc) is 2.41. The maximum Gasteiger partial charge on any atom is 0.0992 e. The summed E-state index contributed by atoms with van der Waals surface area (Å²) in [5.74, 6) is 0.539. The minimum Gasteiger partial charge on any atom is -0.192 e. The van der Waals surface area contributed by atoms with Crippen molar-refractivity contribution in [2.24, 2.45) is 0 Å². The van der Waals surface area contributed by atoms with Crippen LogP contribution in [0.4, 0.5) is 0 Å². The fourth-order valence-corrected chi connectivity index (χ4v) is 2.82. The van der Waals surface area contributed by atoms with Gasteiger partial charge in [0.2, 0.25) is 0 Å². The molecule has 0 heterocycles. The zero-order chi connectivity index (χ0) is 13.8. The minimum atomic E-state index is 0.539. The first-order valence-corrected chi connectivity index (χ1v) is 7.27. The second-order valence-corrected chi connectivity index (χ2v) is 6.11. The van der Waals surface area contributed by atoms with Crippen molar-refractivity contribution < 1.29 is 0 Å². The Labute approximate surface area is 123 Å². The summed E-state index contributed by atoms with van der Waals surface area (Å²) in [4.78, 5) is 2.12. The van der Waals surface area contributed by atoms with Crippen molar-refractivity contribution in [3.05, 3.63) is 58.6 Å². The van der Waals surface area contributed by atoms with Crippen molar-refractivity contribution >= 4 is 23.4 Å². The van der Waals surface area contributed by atoms with E-state index in [2.05, 4.69) is 44.2 Å². The van der Waals surface area contributed by atoms with Crippen LogP contribution in [-0.2, 0) is 0 Å². The quantitative estimate of drug-likeness (QED) is 0.745. The molecule has 0 aliphatic carbocycles. The average molecular weight is 288 g/mol. The molecule has 0 aliphatic heterocycles. The van der Waals surface area contributed by atoms with Crippen LogP contribution in [-0.4, -0.2) is 0 Å². The third-order valence-electron chi connectivity index (χ3n) is 2.84. The van der Waals surface area contributed by atoms with Gasteiger partial charge < -0.3 is 0 Å². The van der Waals surface area contributed by atoms with E-state index >= 15 is 0 Å². The van der Waals surface area contributed by atoms with Crippen LogP contribution >= 0.6 is 23.4 Å². The summed E-state index contributed by atoms with van der Waals surface area (Å²) in [5, 5.41) is 9.43. The van der Waals surface area contributed by atoms with Crippen molar-refractivity contribution in [2.45, 2.75) is 29.6 Å². The van der Waals surface area contributed by atoms with E-state index in [0.29, 0.717) is 16.5 Å². The Kier molecular flexibility index (Phi) is 4.52. The molecule has 2 rings (SSSR count). The molecule has 0 radical (unpaired) electrons. The second kappa shape index (κ2) is 6.14. The van der Waals surface area contributed by atoms with Crippen LogP contribution in [0.5, 0.6) is 0 Å². The van der Waals surface area contributed by atoms with Gasteiger partial charge in [-0.05, 0) is 41.8 Å². The van der Waals surface area contributed by atoms with Gasteiger partial charge in [-0.2, -0.15) is 5.26 Å². The van der Waals surface area contributed by atoms with Crippen molar-refractivity contribution in [1.29, 1.82) is 5.26 Å². The monoisotopic (exact) mass is 287 g/mol. The summed E-state index contributed by atoms with van der Waals surface area (Å²) in [5.41, 5.74) is 1.92. The molecule has 0 aliphatic rings. The summed E-state index contributed by atoms with van der Waals surface area (Å²) in [6.45, 7) is 4.36. The summed E-state index contributed by atoms with van der Waals surface area (Å²) in [6.07, 6.45) is 0. The van der Waals surface area contributed by atoms with Crippen LogP contribution < -0.4 is 0 Å². The molecule has 2 aromatic rings. The summed E-state index contributed by atoms with van der Waals surface area (Å²) < 4.78 is 0. The molecule has 0 fully saturated rings. The Morgan fingerprint density at radius 1 is 1.11 bits per heavy atom. The molecular weight excluding hydrogens is 274 g/mol. The smallest absolute Gasteiger partial charge is 0.0992 e. The van der Waals surface area contributed by atoms with Crippen molar-refractivity contribution in [2.75, 3.05) is 0 Å². The van der Waals surface area contributed by atoms with Gasteiger partial charge in [0, 0.05) is 9.79 Å². The third kappa shape index (κ3) is 3.53. The minimum absolute atomic E-state index is 0.539. The molecule has 0 unspecified atom stereocenters. The molecule has 96 valence electrons. The molecule has 0 saturated carbocycles. The molecule has 0 atom stereocenters. The lowest BCUT2D eigenvalue weighted by atomic mass is 10.0. The highest BCUT2D eigenvalue weighted by atomic mass is 35.5. The SMILES string of the molecule is CC(C)c1ccc(Sc2ccc(C#N)cc2Cl)cc1. The number of nitrogens with zero attached hydrogens (tertiary/aromatic N) is 1. The fourth-order valence-electron chi connectivity index (χ4n) is 1.70. The third-order valence-corrected chi connectivity index (χ3v) is 4.34. The largest absolute Gasteiger partial charge is 0.192 e. The Hall–Kier alpha value is -1.43. The first-order chi connectivity index (χ1) is 9.10. The van der Waals surface area contributed by atoms with Crippen molar-refractivity contribution in [1.82, 2.24) is 0 Å². The van der Waals surface area contributed by atoms with E-state index in [1.165, 1.54) is 5.56 Å². The highest BCUT2D eigenvalue weighted by Crippen LogP contribution is 2.34. The Bertz CT molecular complexity index is 612. The van der Waals surface area contributed by atoms with E-state index in [9.17, 15) is 0 Å². The molecular formula is C16H14ClNS. The zero-order valence-corrected chi connectivity index (χ0v) is 12.4. The maximum absolute atomic E-state index is 8.81. The Morgan fingerprint density at radius 3 is 2.32 bits per heavy atom. The van der Waals surface area contributed by atoms with E-state index in [0.717, 1.165) is 9.79 Å². The van der Waals surface area contributed by atoms with Crippen LogP contribution in [0, 0.1) is 11.3 Å². The molecule has 3 heteroatoms. The maximum atomic E-state index is 8.81. The molecule has 2 aromatic carbocycles. The van der Waals surface area contributed by atoms with Crippen molar-refractivity contribution in [3.8, 4) is 6.07 Å². The van der Waals surface area contributed by atoms with Crippen molar-refractivity contribution in [3.63, 3.8) is 0 Å². The van der Waals surface area contributed by atoms with Crippen LogP contribution in [0.1, 0.15) is 30.9 Å². The molecule has 1 nitrogen and oxygen atoms in total. The van der Waals surface area contributed by atoms with Gasteiger partial charge in [0.1, 0.15) is 0 Å². The standard InChI is InChI=1S/C16H14ClNS/c1-11(2)13-4-6-14(7-5-13)19-16-8-3-12(10-18)9-15(16)17/h3-9,11H,1-2H3. The first-order valence-electron chi connectivity index (χ1n) is 6.07. The van der Waals surface area contributed by atoms with Crippen LogP contribution in [0.25, 0.3) is 0 Å². The number of hydrogen-bond donors (Lipinski definition) is 0. The summed E-state index contributed by atoms with van der Waals surface area (Å²) in [7, 11) is 0. The van der Waals surface area contributed by atoms with Gasteiger partial charge in [-0.15, -0.1) is 0 Å². The lowest BCUT2D eigenvalue weighted by Crippen LogP contribution is -1.86. The molecule has 0 N–H and O–H groups in total. The highest BCUT2D eigenvalue weighted by molar-refractivity contribution is 7.99. The zero-order valence-electron chi connectivity index (χ0n) is 10.9. The first kappa shape index (κ1) is 14.0. The predicted octanol–water partition coefficient (Wildman–Crippen LogP) is 5.49. The summed E-state index contributed by atoms with van der Waals surface area (Å²) >= 11 is 7.78. The topological polar surface area (TPSA) is 23.8 Å². The number of nitriles is 1. The van der Waals surface area contributed by atoms with E-state index in [1.807, 2.05) is 6.07 Å². The van der Waals surface area contributed by atoms with Gasteiger partial charge in [0.15, 0.2) is 0 Å². The van der Waals surface area contributed by atoms with E-state index in [-0.39, 0.29) is 0 Å². The molecule has 0 amide bonds. The highest BCUT2D eigenvalue weighted by Gasteiger charge is 2.05. The number of halogens is 1.